The van der Waals surface area contributed by atoms with Gasteiger partial charge in [-0.25, -0.2) is 0 Å². The molecule has 0 N–H and O–H groups in total. The molecule has 2 unspecified atom stereocenters. The molecule has 3 heterocycles. The molecule has 18 heavy (non-hydrogen) atoms. The second-order valence-electron chi connectivity index (χ2n) is 5.42. The highest BCUT2D eigenvalue weighted by Gasteiger charge is 2.34. The summed E-state index contributed by atoms with van der Waals surface area (Å²) in [6.07, 6.45) is 7.73. The van der Waals surface area contributed by atoms with Gasteiger partial charge < -0.3 is 4.90 Å². The molecule has 4 heteroatoms. The molecule has 2 atom stereocenters. The molecule has 0 aromatic carbocycles. The summed E-state index contributed by atoms with van der Waals surface area (Å²) in [5.41, 5.74) is 2.43. The maximum Gasteiger partial charge on any atom is 0.0509 e. The molecular formula is C14H20ClN3. The highest BCUT2D eigenvalue weighted by Crippen LogP contribution is 2.31. The van der Waals surface area contributed by atoms with Gasteiger partial charge in [0.2, 0.25) is 0 Å². The van der Waals surface area contributed by atoms with Gasteiger partial charge in [-0.1, -0.05) is 0 Å². The van der Waals surface area contributed by atoms with Gasteiger partial charge in [-0.3, -0.25) is 9.88 Å². The van der Waals surface area contributed by atoms with Crippen LogP contribution in [0.1, 0.15) is 24.8 Å². The standard InChI is InChI=1S/C14H20ClN3/c1-17-12-2-3-13(17)10-18(7-5-12)14-4-6-16-9-11(14)8-15/h4,6,9,12-13H,2-3,5,7-8,10H2,1H3. The normalized spacial score (nSPS) is 28.4. The van der Waals surface area contributed by atoms with Crippen LogP contribution in [0.25, 0.3) is 0 Å². The Labute approximate surface area is 114 Å². The second kappa shape index (κ2) is 5.06. The molecule has 2 aliphatic rings. The van der Waals surface area contributed by atoms with Crippen LogP contribution in [-0.2, 0) is 5.88 Å². The fourth-order valence-electron chi connectivity index (χ4n) is 3.36. The molecule has 1 aromatic heterocycles. The molecule has 2 fully saturated rings. The maximum absolute atomic E-state index is 6.02. The molecule has 0 saturated carbocycles. The maximum atomic E-state index is 6.02. The summed E-state index contributed by atoms with van der Waals surface area (Å²) < 4.78 is 0. The lowest BCUT2D eigenvalue weighted by Gasteiger charge is -2.28. The van der Waals surface area contributed by atoms with Gasteiger partial charge in [-0.05, 0) is 32.4 Å². The number of hydrogen-bond donors (Lipinski definition) is 0. The van der Waals surface area contributed by atoms with Gasteiger partial charge in [0.15, 0.2) is 0 Å². The summed E-state index contributed by atoms with van der Waals surface area (Å²) in [6, 6.07) is 3.59. The Bertz CT molecular complexity index is 423. The molecule has 3 nitrogen and oxygen atoms in total. The fraction of sp³-hybridized carbons (Fsp3) is 0.643. The topological polar surface area (TPSA) is 19.4 Å². The first-order valence-corrected chi connectivity index (χ1v) is 7.29. The van der Waals surface area contributed by atoms with E-state index >= 15 is 0 Å². The van der Waals surface area contributed by atoms with Gasteiger partial charge in [0.1, 0.15) is 0 Å². The number of hydrogen-bond acceptors (Lipinski definition) is 3. The number of nitrogens with zero attached hydrogens (tertiary/aromatic N) is 3. The molecule has 2 bridgehead atoms. The number of pyridine rings is 1. The molecular weight excluding hydrogens is 246 g/mol. The quantitative estimate of drug-likeness (QED) is 0.766. The van der Waals surface area contributed by atoms with E-state index in [0.717, 1.165) is 24.7 Å². The van der Waals surface area contributed by atoms with E-state index in [2.05, 4.69) is 27.9 Å². The van der Waals surface area contributed by atoms with E-state index in [1.165, 1.54) is 24.9 Å². The minimum Gasteiger partial charge on any atom is -0.370 e. The first-order valence-electron chi connectivity index (χ1n) is 6.75. The molecule has 2 saturated heterocycles. The minimum absolute atomic E-state index is 0.545. The third kappa shape index (κ3) is 2.10. The minimum atomic E-state index is 0.545. The smallest absolute Gasteiger partial charge is 0.0509 e. The molecule has 2 aliphatic heterocycles. The Morgan fingerprint density at radius 3 is 3.00 bits per heavy atom. The lowest BCUT2D eigenvalue weighted by molar-refractivity contribution is 0.254. The predicted molar refractivity (Wildman–Crippen MR) is 75.2 cm³/mol. The molecule has 0 aliphatic carbocycles. The molecule has 1 aromatic rings. The lowest BCUT2D eigenvalue weighted by Crippen LogP contribution is -2.36. The number of rotatable bonds is 2. The van der Waals surface area contributed by atoms with Crippen molar-refractivity contribution in [2.45, 2.75) is 37.2 Å². The van der Waals surface area contributed by atoms with Gasteiger partial charge >= 0.3 is 0 Å². The summed E-state index contributed by atoms with van der Waals surface area (Å²) in [4.78, 5) is 9.25. The Morgan fingerprint density at radius 2 is 2.17 bits per heavy atom. The largest absolute Gasteiger partial charge is 0.370 e. The zero-order valence-corrected chi connectivity index (χ0v) is 11.6. The number of aromatic nitrogens is 1. The lowest BCUT2D eigenvalue weighted by atomic mass is 10.1. The van der Waals surface area contributed by atoms with Crippen molar-refractivity contribution in [3.05, 3.63) is 24.0 Å². The first kappa shape index (κ1) is 12.2. The summed E-state index contributed by atoms with van der Waals surface area (Å²) in [5.74, 6) is 0.545. The predicted octanol–water partition coefficient (Wildman–Crippen LogP) is 2.49. The summed E-state index contributed by atoms with van der Waals surface area (Å²) in [5, 5.41) is 0. The second-order valence-corrected chi connectivity index (χ2v) is 5.69. The highest BCUT2D eigenvalue weighted by molar-refractivity contribution is 6.17. The van der Waals surface area contributed by atoms with Gasteiger partial charge in [-0.15, -0.1) is 11.6 Å². The van der Waals surface area contributed by atoms with Gasteiger partial charge in [-0.2, -0.15) is 0 Å². The molecule has 98 valence electrons. The van der Waals surface area contributed by atoms with Crippen LogP contribution in [-0.4, -0.2) is 42.1 Å². The summed E-state index contributed by atoms with van der Waals surface area (Å²) in [7, 11) is 2.28. The average Bonchev–Trinajstić information content (AvgIpc) is 2.63. The van der Waals surface area contributed by atoms with Crippen LogP contribution in [0, 0.1) is 0 Å². The van der Waals surface area contributed by atoms with Crippen LogP contribution in [0.5, 0.6) is 0 Å². The third-order valence-electron chi connectivity index (χ3n) is 4.51. The molecule has 0 spiro atoms. The number of alkyl halides is 1. The van der Waals surface area contributed by atoms with E-state index in [4.69, 9.17) is 11.6 Å². The Morgan fingerprint density at radius 1 is 1.33 bits per heavy atom. The average molecular weight is 266 g/mol. The van der Waals surface area contributed by atoms with Crippen molar-refractivity contribution in [2.24, 2.45) is 0 Å². The van der Waals surface area contributed by atoms with E-state index in [1.54, 1.807) is 0 Å². The Balaban J connectivity index is 1.84. The number of anilines is 1. The van der Waals surface area contributed by atoms with Crippen LogP contribution in [0.2, 0.25) is 0 Å². The molecule has 0 amide bonds. The van der Waals surface area contributed by atoms with E-state index in [9.17, 15) is 0 Å². The molecule has 3 rings (SSSR count). The first-order chi connectivity index (χ1) is 8.79. The number of likely N-dealkylation sites (N-methyl/N-ethyl adjacent to an activating group) is 1. The van der Waals surface area contributed by atoms with E-state index < -0.39 is 0 Å². The zero-order valence-electron chi connectivity index (χ0n) is 10.8. The van der Waals surface area contributed by atoms with E-state index in [-0.39, 0.29) is 0 Å². The molecule has 0 radical (unpaired) electrons. The monoisotopic (exact) mass is 265 g/mol. The summed E-state index contributed by atoms with van der Waals surface area (Å²) >= 11 is 6.02. The zero-order chi connectivity index (χ0) is 12.5. The van der Waals surface area contributed by atoms with Crippen molar-refractivity contribution < 1.29 is 0 Å². The van der Waals surface area contributed by atoms with Crippen molar-refractivity contribution in [3.63, 3.8) is 0 Å². The third-order valence-corrected chi connectivity index (χ3v) is 4.80. The van der Waals surface area contributed by atoms with Crippen molar-refractivity contribution in [3.8, 4) is 0 Å². The number of fused-ring (bicyclic) bond motifs is 2. The van der Waals surface area contributed by atoms with Crippen molar-refractivity contribution >= 4 is 17.3 Å². The Hall–Kier alpha value is -0.800. The van der Waals surface area contributed by atoms with Crippen molar-refractivity contribution in [2.75, 3.05) is 25.0 Å². The van der Waals surface area contributed by atoms with E-state index in [1.807, 2.05) is 12.4 Å². The van der Waals surface area contributed by atoms with Crippen LogP contribution < -0.4 is 4.90 Å². The van der Waals surface area contributed by atoms with Gasteiger partial charge in [0.25, 0.3) is 0 Å². The fourth-order valence-corrected chi connectivity index (χ4v) is 3.56. The SMILES string of the molecule is CN1C2CCC1CN(c1ccncc1CCl)CC2. The number of halogens is 1. The highest BCUT2D eigenvalue weighted by atomic mass is 35.5. The van der Waals surface area contributed by atoms with Crippen LogP contribution in [0.4, 0.5) is 5.69 Å². The van der Waals surface area contributed by atoms with Gasteiger partial charge in [0, 0.05) is 48.8 Å². The van der Waals surface area contributed by atoms with Gasteiger partial charge in [0.05, 0.1) is 5.88 Å². The van der Waals surface area contributed by atoms with E-state index in [0.29, 0.717) is 11.9 Å². The summed E-state index contributed by atoms with van der Waals surface area (Å²) in [6.45, 7) is 2.26. The Kier molecular flexibility index (Phi) is 3.44. The van der Waals surface area contributed by atoms with Crippen LogP contribution in [0.3, 0.4) is 0 Å². The van der Waals surface area contributed by atoms with Crippen molar-refractivity contribution in [1.82, 2.24) is 9.88 Å². The van der Waals surface area contributed by atoms with Crippen molar-refractivity contribution in [1.29, 1.82) is 0 Å². The van der Waals surface area contributed by atoms with Crippen LogP contribution >= 0.6 is 11.6 Å². The van der Waals surface area contributed by atoms with Crippen LogP contribution in [0.15, 0.2) is 18.5 Å².